The molecule has 0 saturated carbocycles. The summed E-state index contributed by atoms with van der Waals surface area (Å²) in [5, 5.41) is 6.72. The first-order valence-electron chi connectivity index (χ1n) is 9.11. The third-order valence-corrected chi connectivity index (χ3v) is 4.13. The van der Waals surface area contributed by atoms with E-state index in [0.29, 0.717) is 32.1 Å². The van der Waals surface area contributed by atoms with Crippen molar-refractivity contribution in [1.82, 2.24) is 20.5 Å². The zero-order chi connectivity index (χ0) is 18.8. The van der Waals surface area contributed by atoms with Gasteiger partial charge in [-0.05, 0) is 32.3 Å². The number of likely N-dealkylation sites (tertiary alicyclic amines) is 1. The van der Waals surface area contributed by atoms with Crippen LogP contribution in [0, 0.1) is 0 Å². The fourth-order valence-electron chi connectivity index (χ4n) is 2.73. The first kappa shape index (κ1) is 23.3. The molecule has 1 aromatic heterocycles. The molecule has 0 aromatic carbocycles. The first-order valence-corrected chi connectivity index (χ1v) is 9.11. The van der Waals surface area contributed by atoms with Crippen molar-refractivity contribution in [1.29, 1.82) is 0 Å². The molecule has 2 rings (SSSR count). The van der Waals surface area contributed by atoms with Gasteiger partial charge in [-0.2, -0.15) is 0 Å². The van der Waals surface area contributed by atoms with Crippen LogP contribution < -0.4 is 15.4 Å². The average molecular weight is 491 g/mol. The monoisotopic (exact) mass is 491 g/mol. The van der Waals surface area contributed by atoms with E-state index in [4.69, 9.17) is 9.47 Å². The fraction of sp³-hybridized carbons (Fsp3) is 0.611. The molecule has 0 spiro atoms. The van der Waals surface area contributed by atoms with Gasteiger partial charge in [-0.3, -0.25) is 0 Å². The van der Waals surface area contributed by atoms with E-state index in [1.165, 1.54) is 0 Å². The number of carbonyl (C=O) groups is 1. The Kier molecular flexibility index (Phi) is 10.8. The fourth-order valence-corrected chi connectivity index (χ4v) is 2.73. The molecule has 0 unspecified atom stereocenters. The Labute approximate surface area is 178 Å². The molecule has 9 heteroatoms. The number of amides is 1. The van der Waals surface area contributed by atoms with Crippen molar-refractivity contribution < 1.29 is 14.3 Å². The third-order valence-electron chi connectivity index (χ3n) is 4.13. The summed E-state index contributed by atoms with van der Waals surface area (Å²) in [5.41, 5.74) is 1.01. The lowest BCUT2D eigenvalue weighted by Crippen LogP contribution is -2.49. The minimum atomic E-state index is -0.224. The van der Waals surface area contributed by atoms with Gasteiger partial charge in [0, 0.05) is 37.9 Å². The topological polar surface area (TPSA) is 88.1 Å². The maximum absolute atomic E-state index is 11.8. The van der Waals surface area contributed by atoms with Crippen LogP contribution in [-0.2, 0) is 11.3 Å². The van der Waals surface area contributed by atoms with Crippen LogP contribution in [0.25, 0.3) is 0 Å². The number of guanidine groups is 1. The lowest BCUT2D eigenvalue weighted by molar-refractivity contribution is 0.0963. The molecule has 27 heavy (non-hydrogen) atoms. The largest absolute Gasteiger partial charge is 0.481 e. The molecule has 1 fully saturated rings. The summed E-state index contributed by atoms with van der Waals surface area (Å²) in [6.45, 7) is 6.98. The molecule has 2 N–H and O–H groups in total. The van der Waals surface area contributed by atoms with Gasteiger partial charge >= 0.3 is 6.09 Å². The quantitative estimate of drug-likeness (QED) is 0.361. The van der Waals surface area contributed by atoms with Crippen molar-refractivity contribution in [2.75, 3.05) is 33.4 Å². The predicted octanol–water partition coefficient (Wildman–Crippen LogP) is 2.38. The van der Waals surface area contributed by atoms with Crippen LogP contribution in [0.15, 0.2) is 23.3 Å². The highest BCUT2D eigenvalue weighted by molar-refractivity contribution is 14.0. The molecular formula is C18H30IN5O3. The molecule has 152 valence electrons. The Morgan fingerprint density at radius 1 is 1.33 bits per heavy atom. The summed E-state index contributed by atoms with van der Waals surface area (Å²) in [7, 11) is 1.60. The van der Waals surface area contributed by atoms with Crippen molar-refractivity contribution in [3.05, 3.63) is 23.9 Å². The minimum absolute atomic E-state index is 0. The molecule has 1 amide bonds. The second-order valence-corrected chi connectivity index (χ2v) is 6.01. The first-order chi connectivity index (χ1) is 12.7. The van der Waals surface area contributed by atoms with Crippen LogP contribution in [0.1, 0.15) is 32.3 Å². The number of nitrogens with one attached hydrogen (secondary N) is 2. The number of nitrogens with zero attached hydrogens (tertiary/aromatic N) is 3. The zero-order valence-corrected chi connectivity index (χ0v) is 18.6. The van der Waals surface area contributed by atoms with Crippen molar-refractivity contribution in [3.63, 3.8) is 0 Å². The van der Waals surface area contributed by atoms with Gasteiger partial charge in [-0.25, -0.2) is 14.8 Å². The van der Waals surface area contributed by atoms with Crippen LogP contribution >= 0.6 is 24.0 Å². The van der Waals surface area contributed by atoms with E-state index in [9.17, 15) is 4.79 Å². The van der Waals surface area contributed by atoms with Crippen molar-refractivity contribution in [2.45, 2.75) is 39.3 Å². The number of rotatable bonds is 6. The number of halogens is 1. The van der Waals surface area contributed by atoms with Gasteiger partial charge in [0.1, 0.15) is 0 Å². The lowest BCUT2D eigenvalue weighted by atomic mass is 10.1. The molecule has 1 aliphatic heterocycles. The molecule has 1 aromatic rings. The number of piperidine rings is 1. The van der Waals surface area contributed by atoms with Gasteiger partial charge in [0.25, 0.3) is 0 Å². The van der Waals surface area contributed by atoms with Crippen LogP contribution in [-0.4, -0.2) is 61.3 Å². The Balaban J connectivity index is 0.00000364. The van der Waals surface area contributed by atoms with Gasteiger partial charge in [0.15, 0.2) is 5.96 Å². The van der Waals surface area contributed by atoms with E-state index >= 15 is 0 Å². The molecule has 0 bridgehead atoms. The van der Waals surface area contributed by atoms with Gasteiger partial charge in [0.05, 0.1) is 20.3 Å². The lowest BCUT2D eigenvalue weighted by Gasteiger charge is -2.32. The summed E-state index contributed by atoms with van der Waals surface area (Å²) in [4.78, 5) is 22.3. The van der Waals surface area contributed by atoms with Crippen LogP contribution in [0.5, 0.6) is 5.88 Å². The van der Waals surface area contributed by atoms with E-state index in [-0.39, 0.29) is 36.1 Å². The van der Waals surface area contributed by atoms with Gasteiger partial charge in [-0.15, -0.1) is 24.0 Å². The Morgan fingerprint density at radius 2 is 2.07 bits per heavy atom. The van der Waals surface area contributed by atoms with Crippen LogP contribution in [0.3, 0.4) is 0 Å². The molecule has 1 saturated heterocycles. The normalized spacial score (nSPS) is 14.9. The van der Waals surface area contributed by atoms with Crippen LogP contribution in [0.4, 0.5) is 4.79 Å². The summed E-state index contributed by atoms with van der Waals surface area (Å²) in [5.74, 6) is 1.37. The number of ether oxygens (including phenoxy) is 2. The van der Waals surface area contributed by atoms with Gasteiger partial charge in [0.2, 0.25) is 5.88 Å². The van der Waals surface area contributed by atoms with Gasteiger partial charge in [-0.1, -0.05) is 6.07 Å². The highest BCUT2D eigenvalue weighted by atomic mass is 127. The van der Waals surface area contributed by atoms with E-state index in [1.807, 2.05) is 26.0 Å². The standard InChI is InChI=1S/C18H29N5O3.HI/c1-4-19-17(21-13-14-6-7-16(25-3)20-12-14)22-15-8-10-23(11-9-15)18(24)26-5-2;/h6-7,12,15H,4-5,8-11,13H2,1-3H3,(H2,19,21,22);1H. The minimum Gasteiger partial charge on any atom is -0.481 e. The van der Waals surface area contributed by atoms with E-state index in [1.54, 1.807) is 18.2 Å². The average Bonchev–Trinajstić information content (AvgIpc) is 2.67. The Hall–Kier alpha value is -1.78. The second kappa shape index (κ2) is 12.6. The summed E-state index contributed by atoms with van der Waals surface area (Å²) in [6, 6.07) is 4.07. The summed E-state index contributed by atoms with van der Waals surface area (Å²) < 4.78 is 10.1. The molecule has 0 aliphatic carbocycles. The number of aliphatic imine (C=N–C) groups is 1. The third kappa shape index (κ3) is 7.77. The highest BCUT2D eigenvalue weighted by Crippen LogP contribution is 2.12. The van der Waals surface area contributed by atoms with E-state index < -0.39 is 0 Å². The number of hydrogen-bond acceptors (Lipinski definition) is 5. The van der Waals surface area contributed by atoms with Gasteiger partial charge < -0.3 is 25.0 Å². The molecule has 0 atom stereocenters. The second-order valence-electron chi connectivity index (χ2n) is 6.01. The van der Waals surface area contributed by atoms with E-state index in [2.05, 4.69) is 20.6 Å². The van der Waals surface area contributed by atoms with Crippen molar-refractivity contribution >= 4 is 36.0 Å². The number of hydrogen-bond donors (Lipinski definition) is 2. The Bertz CT molecular complexity index is 589. The number of carbonyl (C=O) groups excluding carboxylic acids is 1. The molecule has 0 radical (unpaired) electrons. The SMILES string of the molecule is CCNC(=NCc1ccc(OC)nc1)NC1CCN(C(=O)OCC)CC1.I. The molecule has 8 nitrogen and oxygen atoms in total. The van der Waals surface area contributed by atoms with E-state index in [0.717, 1.165) is 30.9 Å². The van der Waals surface area contributed by atoms with Crippen molar-refractivity contribution in [2.24, 2.45) is 4.99 Å². The number of methoxy groups -OCH3 is 1. The van der Waals surface area contributed by atoms with Crippen LogP contribution in [0.2, 0.25) is 0 Å². The summed E-state index contributed by atoms with van der Waals surface area (Å²) in [6.07, 6.45) is 3.28. The highest BCUT2D eigenvalue weighted by Gasteiger charge is 2.23. The summed E-state index contributed by atoms with van der Waals surface area (Å²) >= 11 is 0. The molecule has 1 aliphatic rings. The number of aromatic nitrogens is 1. The predicted molar refractivity (Wildman–Crippen MR) is 116 cm³/mol. The smallest absolute Gasteiger partial charge is 0.409 e. The maximum Gasteiger partial charge on any atom is 0.409 e. The van der Waals surface area contributed by atoms with Crippen molar-refractivity contribution in [3.8, 4) is 5.88 Å². The molecular weight excluding hydrogens is 461 g/mol. The number of pyridine rings is 1. The molecule has 2 heterocycles. The zero-order valence-electron chi connectivity index (χ0n) is 16.2. The maximum atomic E-state index is 11.8. The Morgan fingerprint density at radius 3 is 2.63 bits per heavy atom.